The number of aromatic nitrogens is 1. The Balaban J connectivity index is 3.17. The molecule has 0 radical (unpaired) electrons. The first-order valence-electron chi connectivity index (χ1n) is 8.41. The minimum Gasteiger partial charge on any atom is -0.591 e. The van der Waals surface area contributed by atoms with Crippen LogP contribution in [0.4, 0.5) is 4.39 Å². The van der Waals surface area contributed by atoms with Gasteiger partial charge in [0.15, 0.2) is 0 Å². The summed E-state index contributed by atoms with van der Waals surface area (Å²) in [5.74, 6) is -0.205. The molecule has 0 aromatic carbocycles. The largest absolute Gasteiger partial charge is 0.591 e. The molecule has 7 heteroatoms. The minimum atomic E-state index is -1.84. The first kappa shape index (κ1) is 21.8. The molecule has 0 amide bonds. The van der Waals surface area contributed by atoms with Crippen LogP contribution in [0, 0.1) is 5.82 Å². The molecule has 0 aliphatic carbocycles. The standard InChI is InChI=1S/C17H28BrFN2OSSi/c1-7-24(8-2,9-3)14-12-15(18)21-13(16(14)19)10-11-20-23(22)17(4,5)6/h11-12H,7-10H2,1-6H3. The average molecular weight is 435 g/mol. The van der Waals surface area contributed by atoms with Gasteiger partial charge in [-0.05, 0) is 48.0 Å². The number of rotatable bonds is 7. The lowest BCUT2D eigenvalue weighted by atomic mass is 10.3. The molecule has 1 aromatic rings. The highest BCUT2D eigenvalue weighted by Gasteiger charge is 2.33. The highest BCUT2D eigenvalue weighted by molar-refractivity contribution is 9.10. The van der Waals surface area contributed by atoms with Crippen molar-refractivity contribution in [2.24, 2.45) is 4.40 Å². The Morgan fingerprint density at radius 3 is 2.29 bits per heavy atom. The van der Waals surface area contributed by atoms with E-state index in [1.54, 1.807) is 0 Å². The second kappa shape index (κ2) is 8.92. The third-order valence-electron chi connectivity index (χ3n) is 4.58. The molecule has 0 spiro atoms. The van der Waals surface area contributed by atoms with Crippen LogP contribution in [-0.4, -0.2) is 28.6 Å². The molecule has 1 unspecified atom stereocenters. The summed E-state index contributed by atoms with van der Waals surface area (Å²) in [6.07, 6.45) is 1.78. The summed E-state index contributed by atoms with van der Waals surface area (Å²) < 4.78 is 31.3. The van der Waals surface area contributed by atoms with Gasteiger partial charge >= 0.3 is 0 Å². The lowest BCUT2D eigenvalue weighted by Crippen LogP contribution is -2.48. The monoisotopic (exact) mass is 434 g/mol. The van der Waals surface area contributed by atoms with Crippen molar-refractivity contribution < 1.29 is 8.94 Å². The molecule has 1 rings (SSSR count). The SMILES string of the molecule is CC[Si](CC)(CC)c1cc(Br)nc(CC=N[S+]([O-])C(C)(C)C)c1F. The van der Waals surface area contributed by atoms with Gasteiger partial charge in [0.05, 0.1) is 20.0 Å². The van der Waals surface area contributed by atoms with E-state index in [-0.39, 0.29) is 12.2 Å². The molecule has 0 bridgehead atoms. The van der Waals surface area contributed by atoms with E-state index in [4.69, 9.17) is 0 Å². The molecule has 3 nitrogen and oxygen atoms in total. The Kier molecular flexibility index (Phi) is 8.10. The highest BCUT2D eigenvalue weighted by atomic mass is 79.9. The zero-order valence-electron chi connectivity index (χ0n) is 15.4. The number of halogens is 2. The maximum atomic E-state index is 15.1. The van der Waals surface area contributed by atoms with Gasteiger partial charge in [0.2, 0.25) is 0 Å². The molecule has 0 aliphatic rings. The second-order valence-corrected chi connectivity index (χ2v) is 14.9. The van der Waals surface area contributed by atoms with Crippen LogP contribution in [-0.2, 0) is 17.8 Å². The smallest absolute Gasteiger partial charge is 0.144 e. The van der Waals surface area contributed by atoms with E-state index in [1.165, 1.54) is 6.21 Å². The van der Waals surface area contributed by atoms with Crippen molar-refractivity contribution in [1.29, 1.82) is 0 Å². The lowest BCUT2D eigenvalue weighted by molar-refractivity contribution is 0.561. The molecule has 0 N–H and O–H groups in total. The fourth-order valence-corrected chi connectivity index (χ4v) is 7.62. The van der Waals surface area contributed by atoms with Crippen molar-refractivity contribution in [2.45, 2.75) is 70.8 Å². The molecule has 1 aromatic heterocycles. The first-order valence-corrected chi connectivity index (χ1v) is 12.9. The zero-order valence-corrected chi connectivity index (χ0v) is 18.9. The van der Waals surface area contributed by atoms with E-state index >= 15 is 4.39 Å². The van der Waals surface area contributed by atoms with Crippen LogP contribution >= 0.6 is 15.9 Å². The fraction of sp³-hybridized carbons (Fsp3) is 0.647. The maximum absolute atomic E-state index is 15.1. The molecule has 1 heterocycles. The van der Waals surface area contributed by atoms with E-state index in [0.29, 0.717) is 10.3 Å². The van der Waals surface area contributed by atoms with Crippen LogP contribution in [0.1, 0.15) is 47.2 Å². The van der Waals surface area contributed by atoms with E-state index in [2.05, 4.69) is 46.1 Å². The van der Waals surface area contributed by atoms with E-state index in [1.807, 2.05) is 26.8 Å². The fourth-order valence-electron chi connectivity index (χ4n) is 2.74. The average Bonchev–Trinajstić information content (AvgIpc) is 2.52. The summed E-state index contributed by atoms with van der Waals surface area (Å²) in [5.41, 5.74) is 0.376. The Morgan fingerprint density at radius 1 is 1.29 bits per heavy atom. The Hall–Kier alpha value is -0.243. The predicted octanol–water partition coefficient (Wildman–Crippen LogP) is 4.77. The van der Waals surface area contributed by atoms with Gasteiger partial charge in [-0.25, -0.2) is 9.37 Å². The summed E-state index contributed by atoms with van der Waals surface area (Å²) in [5, 5.41) is 0.845. The Labute approximate surface area is 158 Å². The van der Waals surface area contributed by atoms with Crippen molar-refractivity contribution in [3.8, 4) is 0 Å². The van der Waals surface area contributed by atoms with Gasteiger partial charge in [-0.15, -0.1) is 0 Å². The zero-order chi connectivity index (χ0) is 18.5. The van der Waals surface area contributed by atoms with E-state index in [9.17, 15) is 4.55 Å². The molecule has 0 saturated heterocycles. The highest BCUT2D eigenvalue weighted by Crippen LogP contribution is 2.24. The molecule has 24 heavy (non-hydrogen) atoms. The van der Waals surface area contributed by atoms with Crippen LogP contribution < -0.4 is 5.19 Å². The molecule has 136 valence electrons. The van der Waals surface area contributed by atoms with Crippen molar-refractivity contribution in [1.82, 2.24) is 4.98 Å². The summed E-state index contributed by atoms with van der Waals surface area (Å²) >= 11 is 2.09. The van der Waals surface area contributed by atoms with Crippen LogP contribution in [0.3, 0.4) is 0 Å². The van der Waals surface area contributed by atoms with Crippen molar-refractivity contribution in [3.05, 3.63) is 22.2 Å². The topological polar surface area (TPSA) is 48.3 Å². The molecule has 0 aliphatic heterocycles. The summed E-state index contributed by atoms with van der Waals surface area (Å²) in [7, 11) is -1.84. The third-order valence-corrected chi connectivity index (χ3v) is 11.9. The molecule has 0 saturated carbocycles. The van der Waals surface area contributed by atoms with Gasteiger partial charge < -0.3 is 4.55 Å². The van der Waals surface area contributed by atoms with Crippen molar-refractivity contribution in [3.63, 3.8) is 0 Å². The second-order valence-electron chi connectivity index (χ2n) is 6.95. The third kappa shape index (κ3) is 5.13. The van der Waals surface area contributed by atoms with Crippen molar-refractivity contribution in [2.75, 3.05) is 0 Å². The summed E-state index contributed by atoms with van der Waals surface area (Å²) in [6.45, 7) is 12.0. The number of pyridine rings is 1. The van der Waals surface area contributed by atoms with Gasteiger partial charge in [-0.3, -0.25) is 0 Å². The van der Waals surface area contributed by atoms with E-state index < -0.39 is 24.2 Å². The molecular formula is C17H28BrFN2OSSi. The molecular weight excluding hydrogens is 407 g/mol. The number of hydrogen-bond acceptors (Lipinski definition) is 3. The van der Waals surface area contributed by atoms with Crippen molar-refractivity contribution >= 4 is 46.8 Å². The molecule has 0 fully saturated rings. The van der Waals surface area contributed by atoms with Gasteiger partial charge in [-0.2, -0.15) is 0 Å². The Bertz CT molecular complexity index is 580. The number of nitrogens with zero attached hydrogens (tertiary/aromatic N) is 2. The minimum absolute atomic E-state index is 0.205. The predicted molar refractivity (Wildman–Crippen MR) is 109 cm³/mol. The summed E-state index contributed by atoms with van der Waals surface area (Å²) in [4.78, 5) is 4.28. The normalized spacial score (nSPS) is 14.4. The lowest BCUT2D eigenvalue weighted by Gasteiger charge is -2.29. The van der Waals surface area contributed by atoms with Gasteiger partial charge in [-0.1, -0.05) is 43.3 Å². The van der Waals surface area contributed by atoms with Gasteiger partial charge in [0.1, 0.15) is 26.5 Å². The van der Waals surface area contributed by atoms with E-state index in [0.717, 1.165) is 23.3 Å². The maximum Gasteiger partial charge on any atom is 0.144 e. The summed E-state index contributed by atoms with van der Waals surface area (Å²) in [6, 6.07) is 4.88. The molecule has 1 atom stereocenters. The van der Waals surface area contributed by atoms with Crippen LogP contribution in [0.15, 0.2) is 15.1 Å². The van der Waals surface area contributed by atoms with Gasteiger partial charge in [0, 0.05) is 6.42 Å². The van der Waals surface area contributed by atoms with Crippen LogP contribution in [0.25, 0.3) is 0 Å². The Morgan fingerprint density at radius 2 is 1.83 bits per heavy atom. The first-order chi connectivity index (χ1) is 11.1. The quantitative estimate of drug-likeness (QED) is 0.268. The number of hydrogen-bond donors (Lipinski definition) is 0. The van der Waals surface area contributed by atoms with Crippen LogP contribution in [0.5, 0.6) is 0 Å². The van der Waals surface area contributed by atoms with Crippen LogP contribution in [0.2, 0.25) is 18.1 Å². The van der Waals surface area contributed by atoms with Gasteiger partial charge in [0.25, 0.3) is 0 Å².